The second kappa shape index (κ2) is 13.8. The number of nitrogens with one attached hydrogen (secondary N) is 1. The Balaban J connectivity index is 6.62. The van der Waals surface area contributed by atoms with Crippen LogP contribution in [-0.4, -0.2) is 80.4 Å². The van der Waals surface area contributed by atoms with E-state index in [1.807, 2.05) is 83.1 Å². The largest absolute Gasteiger partial charge is 0.373 e. The summed E-state index contributed by atoms with van der Waals surface area (Å²) < 4.78 is 38.3. The summed E-state index contributed by atoms with van der Waals surface area (Å²) in [5.41, 5.74) is -0.646. The molecule has 2 unspecified atom stereocenters. The molecule has 0 amide bonds. The van der Waals surface area contributed by atoms with Crippen LogP contribution in [0.2, 0.25) is 0 Å². The minimum atomic E-state index is -1.26. The minimum absolute atomic E-state index is 0.0142. The summed E-state index contributed by atoms with van der Waals surface area (Å²) in [6, 6.07) is 0. The van der Waals surface area contributed by atoms with Gasteiger partial charge >= 0.3 is 0 Å². The third kappa shape index (κ3) is 11.2. The third-order valence-corrected chi connectivity index (χ3v) is 6.08. The van der Waals surface area contributed by atoms with Crippen LogP contribution in [-0.2, 0) is 28.4 Å². The maximum Gasteiger partial charge on any atom is 0.255 e. The van der Waals surface area contributed by atoms with Gasteiger partial charge in [0.25, 0.3) is 11.8 Å². The van der Waals surface area contributed by atoms with Crippen molar-refractivity contribution >= 4 is 20.5 Å². The predicted octanol–water partition coefficient (Wildman–Crippen LogP) is 1.82. The molecule has 0 aromatic carbocycles. The van der Waals surface area contributed by atoms with E-state index in [9.17, 15) is 0 Å². The fourth-order valence-electron chi connectivity index (χ4n) is 3.40. The highest BCUT2D eigenvalue weighted by Gasteiger charge is 2.53. The van der Waals surface area contributed by atoms with Crippen molar-refractivity contribution in [1.29, 1.82) is 0 Å². The number of ether oxygens (including phenoxy) is 6. The maximum atomic E-state index is 6.46. The standard InChI is InChI=1S/C22H51NO6Si2/c1-13(2)24-19(30)21(26-15(5)6,27-16(7)8)23-22(28-17(9)10,29-18(11)12)20(31)25-14(3)4/h13-20,23H,1-12,30-31H3. The molecule has 0 aromatic heterocycles. The molecule has 0 fully saturated rings. The Kier molecular flexibility index (Phi) is 13.8. The van der Waals surface area contributed by atoms with Crippen LogP contribution < -0.4 is 5.32 Å². The summed E-state index contributed by atoms with van der Waals surface area (Å²) in [4.78, 5) is 0. The van der Waals surface area contributed by atoms with Crippen LogP contribution in [0, 0.1) is 0 Å². The van der Waals surface area contributed by atoms with Crippen molar-refractivity contribution in [3.8, 4) is 0 Å². The minimum Gasteiger partial charge on any atom is -0.373 e. The molecule has 0 spiro atoms. The third-order valence-electron chi connectivity index (χ3n) is 4.01. The lowest BCUT2D eigenvalue weighted by atomic mass is 10.3. The molecule has 0 aromatic rings. The van der Waals surface area contributed by atoms with E-state index in [4.69, 9.17) is 28.4 Å². The maximum absolute atomic E-state index is 6.46. The zero-order valence-electron chi connectivity index (χ0n) is 22.6. The highest BCUT2D eigenvalue weighted by atomic mass is 28.1. The smallest absolute Gasteiger partial charge is 0.255 e. The highest BCUT2D eigenvalue weighted by Crippen LogP contribution is 2.30. The van der Waals surface area contributed by atoms with Crippen molar-refractivity contribution in [2.45, 2.75) is 143 Å². The molecule has 0 bridgehead atoms. The Labute approximate surface area is 197 Å². The summed E-state index contributed by atoms with van der Waals surface area (Å²) in [5.74, 6) is -2.52. The summed E-state index contributed by atoms with van der Waals surface area (Å²) in [5, 5.41) is 3.55. The predicted molar refractivity (Wildman–Crippen MR) is 133 cm³/mol. The molecule has 0 aliphatic rings. The van der Waals surface area contributed by atoms with Gasteiger partial charge in [-0.3, -0.25) is 0 Å². The zero-order valence-corrected chi connectivity index (χ0v) is 26.6. The summed E-state index contributed by atoms with van der Waals surface area (Å²) in [7, 11) is 1.33. The van der Waals surface area contributed by atoms with E-state index in [1.54, 1.807) is 0 Å². The Hall–Kier alpha value is 0.154. The fraction of sp³-hybridized carbons (Fsp3) is 1.00. The molecule has 9 heteroatoms. The Morgan fingerprint density at radius 1 is 0.452 bits per heavy atom. The van der Waals surface area contributed by atoms with Gasteiger partial charge in [-0.25, -0.2) is 5.32 Å². The van der Waals surface area contributed by atoms with Gasteiger partial charge in [-0.2, -0.15) is 0 Å². The molecule has 0 rings (SSSR count). The van der Waals surface area contributed by atoms with Gasteiger partial charge in [0.15, 0.2) is 0 Å². The van der Waals surface area contributed by atoms with Crippen LogP contribution in [0.15, 0.2) is 0 Å². The molecule has 0 heterocycles. The monoisotopic (exact) mass is 481 g/mol. The average molecular weight is 482 g/mol. The van der Waals surface area contributed by atoms with Gasteiger partial charge in [-0.1, -0.05) is 0 Å². The van der Waals surface area contributed by atoms with Gasteiger partial charge in [0, 0.05) is 20.5 Å². The fourth-order valence-corrected chi connectivity index (χ4v) is 5.32. The van der Waals surface area contributed by atoms with E-state index in [0.29, 0.717) is 20.5 Å². The molecule has 188 valence electrons. The van der Waals surface area contributed by atoms with Crippen LogP contribution in [0.25, 0.3) is 0 Å². The quantitative estimate of drug-likeness (QED) is 0.266. The van der Waals surface area contributed by atoms with Gasteiger partial charge in [-0.15, -0.1) is 0 Å². The molecule has 7 nitrogen and oxygen atoms in total. The van der Waals surface area contributed by atoms with Crippen LogP contribution in [0.3, 0.4) is 0 Å². The first-order valence-corrected chi connectivity index (χ1v) is 14.2. The van der Waals surface area contributed by atoms with Crippen molar-refractivity contribution in [1.82, 2.24) is 5.32 Å². The SMILES string of the molecule is CC(C)OC([SiH3])C(NC(OC(C)C)(OC(C)C)C([SiH3])OC(C)C)(OC(C)C)OC(C)C. The van der Waals surface area contributed by atoms with Crippen LogP contribution in [0.5, 0.6) is 0 Å². The first kappa shape index (κ1) is 31.2. The second-order valence-corrected chi connectivity index (χ2v) is 11.9. The van der Waals surface area contributed by atoms with Crippen molar-refractivity contribution < 1.29 is 28.4 Å². The lowest BCUT2D eigenvalue weighted by Crippen LogP contribution is -2.74. The van der Waals surface area contributed by atoms with E-state index < -0.39 is 11.8 Å². The molecule has 1 N–H and O–H groups in total. The van der Waals surface area contributed by atoms with E-state index >= 15 is 0 Å². The van der Waals surface area contributed by atoms with Crippen molar-refractivity contribution in [3.63, 3.8) is 0 Å². The van der Waals surface area contributed by atoms with Gasteiger partial charge in [0.2, 0.25) is 0 Å². The zero-order chi connectivity index (χ0) is 24.6. The molecule has 0 radical (unpaired) electrons. The number of rotatable bonds is 16. The average Bonchev–Trinajstić information content (AvgIpc) is 2.50. The van der Waals surface area contributed by atoms with E-state index in [1.165, 1.54) is 0 Å². The lowest BCUT2D eigenvalue weighted by molar-refractivity contribution is -0.397. The topological polar surface area (TPSA) is 67.4 Å². The van der Waals surface area contributed by atoms with E-state index in [2.05, 4.69) is 5.32 Å². The molecule has 2 atom stereocenters. The molecular weight excluding hydrogens is 430 g/mol. The number of hydrogen-bond donors (Lipinski definition) is 1. The van der Waals surface area contributed by atoms with Gasteiger partial charge in [-0.05, 0) is 83.1 Å². The van der Waals surface area contributed by atoms with Crippen LogP contribution >= 0.6 is 0 Å². The molecular formula is C22H51NO6Si2. The molecule has 0 aliphatic carbocycles. The first-order valence-electron chi connectivity index (χ1n) is 11.9. The Bertz CT molecular complexity index is 427. The summed E-state index contributed by atoms with van der Waals surface area (Å²) >= 11 is 0. The second-order valence-electron chi connectivity index (χ2n) is 9.78. The normalized spacial score (nSPS) is 16.1. The van der Waals surface area contributed by atoms with E-state index in [-0.39, 0.29) is 48.1 Å². The summed E-state index contributed by atoms with van der Waals surface area (Å²) in [6.07, 6.45) is -0.443. The first-order chi connectivity index (χ1) is 14.0. The van der Waals surface area contributed by atoms with Crippen molar-refractivity contribution in [2.75, 3.05) is 0 Å². The molecule has 31 heavy (non-hydrogen) atoms. The lowest BCUT2D eigenvalue weighted by Gasteiger charge is -2.50. The number of hydrogen-bond acceptors (Lipinski definition) is 7. The molecule has 0 aliphatic heterocycles. The van der Waals surface area contributed by atoms with Crippen LogP contribution in [0.4, 0.5) is 0 Å². The van der Waals surface area contributed by atoms with Crippen molar-refractivity contribution in [3.05, 3.63) is 0 Å². The Morgan fingerprint density at radius 2 is 0.677 bits per heavy atom. The Morgan fingerprint density at radius 3 is 0.839 bits per heavy atom. The van der Waals surface area contributed by atoms with Gasteiger partial charge in [0.05, 0.1) is 36.6 Å². The van der Waals surface area contributed by atoms with Crippen molar-refractivity contribution in [2.24, 2.45) is 0 Å². The summed E-state index contributed by atoms with van der Waals surface area (Å²) in [6.45, 7) is 24.0. The molecule has 0 saturated heterocycles. The van der Waals surface area contributed by atoms with E-state index in [0.717, 1.165) is 0 Å². The highest BCUT2D eigenvalue weighted by molar-refractivity contribution is 6.12. The van der Waals surface area contributed by atoms with Crippen LogP contribution in [0.1, 0.15) is 83.1 Å². The molecule has 0 saturated carbocycles. The van der Waals surface area contributed by atoms with Gasteiger partial charge in [0.1, 0.15) is 11.5 Å². The van der Waals surface area contributed by atoms with Gasteiger partial charge < -0.3 is 28.4 Å².